The highest BCUT2D eigenvalue weighted by Crippen LogP contribution is 2.25. The van der Waals surface area contributed by atoms with Crippen molar-refractivity contribution in [2.75, 3.05) is 13.2 Å². The van der Waals surface area contributed by atoms with Crippen molar-refractivity contribution >= 4 is 5.97 Å². The number of carboxylic acid groups (broad SMARTS) is 1. The summed E-state index contributed by atoms with van der Waals surface area (Å²) in [5.74, 6) is 0.0860. The summed E-state index contributed by atoms with van der Waals surface area (Å²) < 4.78 is 5.43. The number of nitrogens with one attached hydrogen (secondary N) is 1. The van der Waals surface area contributed by atoms with Crippen molar-refractivity contribution in [2.45, 2.75) is 31.9 Å². The van der Waals surface area contributed by atoms with Gasteiger partial charge in [-0.3, -0.25) is 4.79 Å². The van der Waals surface area contributed by atoms with Crippen LogP contribution >= 0.6 is 0 Å². The number of rotatable bonds is 7. The van der Waals surface area contributed by atoms with E-state index in [9.17, 15) is 9.90 Å². The average Bonchev–Trinajstić information content (AvgIpc) is 2.83. The molecule has 1 aliphatic rings. The second kappa shape index (κ2) is 6.54. The van der Waals surface area contributed by atoms with Crippen LogP contribution in [0.3, 0.4) is 0 Å². The first kappa shape index (κ1) is 13.8. The summed E-state index contributed by atoms with van der Waals surface area (Å²) in [5.41, 5.74) is 2.38. The molecule has 1 aliphatic heterocycles. The maximum Gasteiger partial charge on any atom is 0.303 e. The van der Waals surface area contributed by atoms with Crippen LogP contribution in [0.2, 0.25) is 0 Å². The molecule has 5 heteroatoms. The third-order valence-electron chi connectivity index (χ3n) is 3.15. The van der Waals surface area contributed by atoms with Crippen molar-refractivity contribution in [1.82, 2.24) is 5.32 Å². The Morgan fingerprint density at radius 1 is 1.47 bits per heavy atom. The van der Waals surface area contributed by atoms with Crippen LogP contribution in [0.15, 0.2) is 18.2 Å². The Kier molecular flexibility index (Phi) is 4.76. The van der Waals surface area contributed by atoms with E-state index < -0.39 is 12.1 Å². The van der Waals surface area contributed by atoms with Gasteiger partial charge in [-0.2, -0.15) is 0 Å². The largest absolute Gasteiger partial charge is 0.493 e. The highest BCUT2D eigenvalue weighted by Gasteiger charge is 2.12. The predicted molar refractivity (Wildman–Crippen MR) is 70.2 cm³/mol. The van der Waals surface area contributed by atoms with Crippen molar-refractivity contribution < 1.29 is 19.7 Å². The number of carbonyl (C=O) groups is 1. The lowest BCUT2D eigenvalue weighted by Crippen LogP contribution is -2.26. The van der Waals surface area contributed by atoms with Crippen molar-refractivity contribution in [3.05, 3.63) is 29.3 Å². The second-order valence-corrected chi connectivity index (χ2v) is 4.76. The van der Waals surface area contributed by atoms with Gasteiger partial charge in [-0.1, -0.05) is 12.1 Å². The van der Waals surface area contributed by atoms with Crippen LogP contribution in [0.5, 0.6) is 5.75 Å². The molecule has 0 amide bonds. The Morgan fingerprint density at radius 3 is 3.11 bits per heavy atom. The maximum absolute atomic E-state index is 10.4. The highest BCUT2D eigenvalue weighted by atomic mass is 16.5. The van der Waals surface area contributed by atoms with Gasteiger partial charge in [0, 0.05) is 25.9 Å². The number of ether oxygens (including phenoxy) is 1. The molecule has 19 heavy (non-hydrogen) atoms. The Morgan fingerprint density at radius 2 is 2.32 bits per heavy atom. The van der Waals surface area contributed by atoms with Gasteiger partial charge in [-0.25, -0.2) is 0 Å². The number of hydrogen-bond donors (Lipinski definition) is 3. The fourth-order valence-corrected chi connectivity index (χ4v) is 2.13. The predicted octanol–water partition coefficient (Wildman–Crippen LogP) is 0.937. The highest BCUT2D eigenvalue weighted by molar-refractivity contribution is 5.66. The topological polar surface area (TPSA) is 78.8 Å². The molecule has 3 N–H and O–H groups in total. The van der Waals surface area contributed by atoms with Crippen molar-refractivity contribution in [3.63, 3.8) is 0 Å². The van der Waals surface area contributed by atoms with E-state index in [1.54, 1.807) is 0 Å². The Balaban J connectivity index is 1.72. The average molecular weight is 265 g/mol. The van der Waals surface area contributed by atoms with E-state index in [1.165, 1.54) is 5.56 Å². The van der Waals surface area contributed by atoms with Crippen LogP contribution in [-0.4, -0.2) is 35.4 Å². The van der Waals surface area contributed by atoms with Crippen molar-refractivity contribution in [3.8, 4) is 5.75 Å². The number of fused-ring (bicyclic) bond motifs is 1. The Bertz CT molecular complexity index is 447. The molecule has 1 unspecified atom stereocenters. The molecule has 5 nitrogen and oxygen atoms in total. The lowest BCUT2D eigenvalue weighted by molar-refractivity contribution is -0.137. The normalized spacial score (nSPS) is 14.8. The van der Waals surface area contributed by atoms with Gasteiger partial charge in [0.05, 0.1) is 12.7 Å². The first-order chi connectivity index (χ1) is 9.15. The van der Waals surface area contributed by atoms with Gasteiger partial charge in [0.2, 0.25) is 0 Å². The van der Waals surface area contributed by atoms with Crippen molar-refractivity contribution in [1.29, 1.82) is 0 Å². The zero-order chi connectivity index (χ0) is 13.7. The molecule has 1 aromatic rings. The SMILES string of the molecule is O=C(O)CCC(O)CNCc1ccc2c(c1)CCO2. The molecule has 2 rings (SSSR count). The molecule has 0 radical (unpaired) electrons. The van der Waals surface area contributed by atoms with Crippen molar-refractivity contribution in [2.24, 2.45) is 0 Å². The monoisotopic (exact) mass is 265 g/mol. The second-order valence-electron chi connectivity index (χ2n) is 4.76. The van der Waals surface area contributed by atoms with E-state index in [0.717, 1.165) is 24.3 Å². The standard InChI is InChI=1S/C14H19NO4/c16-12(2-4-14(17)18)9-15-8-10-1-3-13-11(7-10)5-6-19-13/h1,3,7,12,15-16H,2,4-6,8-9H2,(H,17,18). The fourth-order valence-electron chi connectivity index (χ4n) is 2.13. The summed E-state index contributed by atoms with van der Waals surface area (Å²) in [4.78, 5) is 10.4. The maximum atomic E-state index is 10.4. The molecule has 0 saturated heterocycles. The number of aliphatic hydroxyl groups excluding tert-OH is 1. The summed E-state index contributed by atoms with van der Waals surface area (Å²) in [6, 6.07) is 6.08. The van der Waals surface area contributed by atoms with Crippen LogP contribution in [0, 0.1) is 0 Å². The molecule has 104 valence electrons. The van der Waals surface area contributed by atoms with E-state index in [0.29, 0.717) is 13.1 Å². The molecule has 1 aromatic carbocycles. The molecule has 0 saturated carbocycles. The Labute approximate surface area is 112 Å². The number of aliphatic carboxylic acids is 1. The smallest absolute Gasteiger partial charge is 0.303 e. The van der Waals surface area contributed by atoms with Crippen LogP contribution in [0.25, 0.3) is 0 Å². The molecule has 0 fully saturated rings. The molecule has 0 aliphatic carbocycles. The molecule has 1 atom stereocenters. The summed E-state index contributed by atoms with van der Waals surface area (Å²) >= 11 is 0. The summed E-state index contributed by atoms with van der Waals surface area (Å²) in [5, 5.41) is 21.2. The molecular formula is C14H19NO4. The summed E-state index contributed by atoms with van der Waals surface area (Å²) in [7, 11) is 0. The fraction of sp³-hybridized carbons (Fsp3) is 0.500. The number of carboxylic acids is 1. The molecular weight excluding hydrogens is 246 g/mol. The van der Waals surface area contributed by atoms with E-state index in [1.807, 2.05) is 12.1 Å². The van der Waals surface area contributed by atoms with Crippen LogP contribution in [-0.2, 0) is 17.8 Å². The van der Waals surface area contributed by atoms with Gasteiger partial charge in [-0.05, 0) is 23.6 Å². The Hall–Kier alpha value is -1.59. The van der Waals surface area contributed by atoms with E-state index >= 15 is 0 Å². The number of benzene rings is 1. The summed E-state index contributed by atoms with van der Waals surface area (Å²) in [6.07, 6.45) is 0.609. The lowest BCUT2D eigenvalue weighted by Gasteiger charge is -2.11. The van der Waals surface area contributed by atoms with E-state index in [4.69, 9.17) is 9.84 Å². The van der Waals surface area contributed by atoms with Gasteiger partial charge in [0.25, 0.3) is 0 Å². The van der Waals surface area contributed by atoms with Crippen LogP contribution in [0.4, 0.5) is 0 Å². The third kappa shape index (κ3) is 4.22. The van der Waals surface area contributed by atoms with Gasteiger partial charge in [0.15, 0.2) is 0 Å². The van der Waals surface area contributed by atoms with E-state index in [2.05, 4.69) is 11.4 Å². The quantitative estimate of drug-likeness (QED) is 0.683. The first-order valence-corrected chi connectivity index (χ1v) is 6.50. The van der Waals surface area contributed by atoms with Gasteiger partial charge in [0.1, 0.15) is 5.75 Å². The number of aliphatic hydroxyl groups is 1. The summed E-state index contributed by atoms with van der Waals surface area (Å²) in [6.45, 7) is 1.82. The molecule has 0 spiro atoms. The molecule has 0 aromatic heterocycles. The lowest BCUT2D eigenvalue weighted by atomic mass is 10.1. The van der Waals surface area contributed by atoms with Crippen LogP contribution < -0.4 is 10.1 Å². The first-order valence-electron chi connectivity index (χ1n) is 6.50. The van der Waals surface area contributed by atoms with Gasteiger partial charge >= 0.3 is 5.97 Å². The number of hydrogen-bond acceptors (Lipinski definition) is 4. The van der Waals surface area contributed by atoms with Crippen LogP contribution in [0.1, 0.15) is 24.0 Å². The third-order valence-corrected chi connectivity index (χ3v) is 3.15. The van der Waals surface area contributed by atoms with E-state index in [-0.39, 0.29) is 12.8 Å². The molecule has 1 heterocycles. The van der Waals surface area contributed by atoms with Gasteiger partial charge in [-0.15, -0.1) is 0 Å². The zero-order valence-corrected chi connectivity index (χ0v) is 10.8. The molecule has 0 bridgehead atoms. The minimum absolute atomic E-state index is 0.000962. The zero-order valence-electron chi connectivity index (χ0n) is 10.8. The minimum Gasteiger partial charge on any atom is -0.493 e. The van der Waals surface area contributed by atoms with Gasteiger partial charge < -0.3 is 20.3 Å². The minimum atomic E-state index is -0.877.